The zero-order valence-corrected chi connectivity index (χ0v) is 27.6. The first-order valence-corrected chi connectivity index (χ1v) is 16.6. The molecule has 0 saturated carbocycles. The van der Waals surface area contributed by atoms with Gasteiger partial charge in [-0.1, -0.05) is 34.1 Å². The van der Waals surface area contributed by atoms with Crippen molar-refractivity contribution in [1.82, 2.24) is 26.6 Å². The van der Waals surface area contributed by atoms with Crippen molar-refractivity contribution in [2.24, 2.45) is 29.0 Å². The number of nitrogens with two attached hydrogens (primary N) is 3. The number of thioether (sulfide) groups is 1. The van der Waals surface area contributed by atoms with E-state index in [0.29, 0.717) is 44.4 Å². The zero-order valence-electron chi connectivity index (χ0n) is 26.7. The van der Waals surface area contributed by atoms with Crippen molar-refractivity contribution < 1.29 is 29.1 Å². The highest BCUT2D eigenvalue weighted by atomic mass is 32.2. The highest BCUT2D eigenvalue weighted by molar-refractivity contribution is 7.98. The number of nitrogens with one attached hydrogen (secondary N) is 6. The summed E-state index contributed by atoms with van der Waals surface area (Å²) in [6.45, 7) is 7.73. The van der Waals surface area contributed by atoms with E-state index in [1.165, 1.54) is 0 Å². The number of amides is 4. The standard InChI is InChI=1S/C28H55N9O6S/c1-6-17(4)22(26(41)35-20(27(42)43)10-7-8-13-29)37-24(39)19(11-9-14-33-28(31)32)34-25(40)21(16(2)3)36-23(38)18(30)12-15-44-5/h16-22H,6-15,29-30H2,1-5H3,(H,34,40)(H,35,41)(H,36,38)(H,37,39)(H,42,43)(H4,31,32,33)/t17-,18-,19-,20-,21-,22-/m0/s1. The van der Waals surface area contributed by atoms with Gasteiger partial charge >= 0.3 is 5.97 Å². The summed E-state index contributed by atoms with van der Waals surface area (Å²) in [5, 5.41) is 30.2. The van der Waals surface area contributed by atoms with Gasteiger partial charge in [-0.05, 0) is 68.9 Å². The fraction of sp³-hybridized carbons (Fsp3) is 0.786. The number of carbonyl (C=O) groups is 5. The number of carboxylic acid groups (broad SMARTS) is 1. The van der Waals surface area contributed by atoms with Crippen LogP contribution in [0.2, 0.25) is 0 Å². The highest BCUT2D eigenvalue weighted by Crippen LogP contribution is 2.12. The molecule has 0 aliphatic carbocycles. The zero-order chi connectivity index (χ0) is 33.8. The predicted molar refractivity (Wildman–Crippen MR) is 173 cm³/mol. The van der Waals surface area contributed by atoms with Crippen molar-refractivity contribution in [3.8, 4) is 0 Å². The number of carbonyl (C=O) groups excluding carboxylic acids is 4. The van der Waals surface area contributed by atoms with Crippen LogP contribution in [0.4, 0.5) is 0 Å². The van der Waals surface area contributed by atoms with Gasteiger partial charge in [-0.3, -0.25) is 24.6 Å². The minimum Gasteiger partial charge on any atom is -0.480 e. The Morgan fingerprint density at radius 2 is 1.39 bits per heavy atom. The van der Waals surface area contributed by atoms with Crippen molar-refractivity contribution in [3.05, 3.63) is 0 Å². The van der Waals surface area contributed by atoms with Gasteiger partial charge in [0.25, 0.3) is 0 Å². The number of unbranched alkanes of at least 4 members (excludes halogenated alkanes) is 1. The van der Waals surface area contributed by atoms with Crippen LogP contribution in [0.25, 0.3) is 0 Å². The van der Waals surface area contributed by atoms with Crippen LogP contribution in [0.15, 0.2) is 0 Å². The lowest BCUT2D eigenvalue weighted by atomic mass is 9.96. The van der Waals surface area contributed by atoms with E-state index in [9.17, 15) is 29.1 Å². The lowest BCUT2D eigenvalue weighted by molar-refractivity contribution is -0.143. The van der Waals surface area contributed by atoms with Crippen molar-refractivity contribution in [2.75, 3.05) is 25.1 Å². The van der Waals surface area contributed by atoms with Crippen molar-refractivity contribution in [2.45, 2.75) is 103 Å². The Balaban J connectivity index is 5.92. The first kappa shape index (κ1) is 40.9. The van der Waals surface area contributed by atoms with Crippen LogP contribution in [-0.4, -0.2) is 96.0 Å². The average molecular weight is 646 g/mol. The first-order chi connectivity index (χ1) is 20.7. The van der Waals surface area contributed by atoms with Crippen LogP contribution in [0, 0.1) is 17.2 Å². The lowest BCUT2D eigenvalue weighted by Gasteiger charge is -2.29. The Labute approximate surface area is 265 Å². The second-order valence-corrected chi connectivity index (χ2v) is 12.2. The molecule has 0 heterocycles. The third-order valence-electron chi connectivity index (χ3n) is 7.19. The Morgan fingerprint density at radius 3 is 1.91 bits per heavy atom. The molecule has 0 saturated heterocycles. The molecule has 13 N–H and O–H groups in total. The summed E-state index contributed by atoms with van der Waals surface area (Å²) >= 11 is 1.55. The fourth-order valence-electron chi connectivity index (χ4n) is 4.20. The van der Waals surface area contributed by atoms with E-state index in [1.54, 1.807) is 32.5 Å². The molecule has 44 heavy (non-hydrogen) atoms. The number of carboxylic acids is 1. The van der Waals surface area contributed by atoms with Crippen LogP contribution in [0.3, 0.4) is 0 Å². The summed E-state index contributed by atoms with van der Waals surface area (Å²) in [6.07, 6.45) is 4.58. The molecule has 16 heteroatoms. The van der Waals surface area contributed by atoms with Gasteiger partial charge in [-0.15, -0.1) is 0 Å². The lowest BCUT2D eigenvalue weighted by Crippen LogP contribution is -2.60. The second kappa shape index (κ2) is 22.4. The van der Waals surface area contributed by atoms with E-state index in [-0.39, 0.29) is 37.2 Å². The number of rotatable bonds is 23. The Kier molecular flexibility index (Phi) is 20.8. The van der Waals surface area contributed by atoms with Gasteiger partial charge in [0.1, 0.15) is 24.2 Å². The summed E-state index contributed by atoms with van der Waals surface area (Å²) in [4.78, 5) is 64.7. The number of hydrogen-bond acceptors (Lipinski definition) is 9. The van der Waals surface area contributed by atoms with Gasteiger partial charge in [0.05, 0.1) is 6.04 Å². The summed E-state index contributed by atoms with van der Waals surface area (Å²) < 4.78 is 0. The van der Waals surface area contributed by atoms with Crippen LogP contribution in [0.5, 0.6) is 0 Å². The molecule has 15 nitrogen and oxygen atoms in total. The van der Waals surface area contributed by atoms with Crippen LogP contribution >= 0.6 is 11.8 Å². The Morgan fingerprint density at radius 1 is 0.818 bits per heavy atom. The molecule has 0 fully saturated rings. The van der Waals surface area contributed by atoms with Gasteiger partial charge in [0.15, 0.2) is 5.96 Å². The number of guanidine groups is 1. The molecule has 0 aliphatic heterocycles. The molecular formula is C28H55N9O6S. The summed E-state index contributed by atoms with van der Waals surface area (Å²) in [5.74, 6) is -3.83. The third-order valence-corrected chi connectivity index (χ3v) is 7.83. The SMILES string of the molecule is CC[C@H](C)[C@H](NC(=O)[C@H](CCCNC(=N)N)NC(=O)[C@@H](NC(=O)[C@@H](N)CCSC)C(C)C)C(=O)N[C@@H](CCCCN)C(=O)O. The summed E-state index contributed by atoms with van der Waals surface area (Å²) in [7, 11) is 0. The molecule has 4 amide bonds. The van der Waals surface area contributed by atoms with Crippen molar-refractivity contribution in [3.63, 3.8) is 0 Å². The summed E-state index contributed by atoms with van der Waals surface area (Å²) in [5.41, 5.74) is 16.8. The second-order valence-electron chi connectivity index (χ2n) is 11.2. The van der Waals surface area contributed by atoms with E-state index in [1.807, 2.05) is 13.2 Å². The highest BCUT2D eigenvalue weighted by Gasteiger charge is 2.34. The van der Waals surface area contributed by atoms with Gasteiger partial charge in [-0.25, -0.2) is 4.79 Å². The van der Waals surface area contributed by atoms with Crippen molar-refractivity contribution in [1.29, 1.82) is 5.41 Å². The predicted octanol–water partition coefficient (Wildman–Crippen LogP) is -0.815. The molecule has 0 aromatic heterocycles. The van der Waals surface area contributed by atoms with E-state index < -0.39 is 59.8 Å². The van der Waals surface area contributed by atoms with Crippen LogP contribution in [0.1, 0.15) is 72.6 Å². The monoisotopic (exact) mass is 645 g/mol. The van der Waals surface area contributed by atoms with Crippen molar-refractivity contribution >= 4 is 47.3 Å². The third kappa shape index (κ3) is 16.1. The quantitative estimate of drug-likeness (QED) is 0.0373. The molecular weight excluding hydrogens is 590 g/mol. The molecule has 0 radical (unpaired) electrons. The topological polar surface area (TPSA) is 268 Å². The van der Waals surface area contributed by atoms with E-state index in [2.05, 4.69) is 26.6 Å². The Bertz CT molecular complexity index is 939. The van der Waals surface area contributed by atoms with Gasteiger partial charge < -0.3 is 48.9 Å². The Hall–Kier alpha value is -3.11. The van der Waals surface area contributed by atoms with Crippen LogP contribution < -0.4 is 43.8 Å². The molecule has 6 atom stereocenters. The average Bonchev–Trinajstić information content (AvgIpc) is 2.96. The molecule has 0 aliphatic rings. The minimum atomic E-state index is -1.19. The normalized spacial score (nSPS) is 15.2. The van der Waals surface area contributed by atoms with Gasteiger partial charge in [-0.2, -0.15) is 11.8 Å². The molecule has 0 unspecified atom stereocenters. The maximum absolute atomic E-state index is 13.6. The number of aliphatic carboxylic acids is 1. The van der Waals surface area contributed by atoms with E-state index in [0.717, 1.165) is 0 Å². The largest absolute Gasteiger partial charge is 0.480 e. The van der Waals surface area contributed by atoms with Gasteiger partial charge in [0, 0.05) is 6.54 Å². The first-order valence-electron chi connectivity index (χ1n) is 15.2. The smallest absolute Gasteiger partial charge is 0.326 e. The molecule has 0 aromatic rings. The maximum Gasteiger partial charge on any atom is 0.326 e. The molecule has 254 valence electrons. The molecule has 0 spiro atoms. The van der Waals surface area contributed by atoms with E-state index in [4.69, 9.17) is 22.6 Å². The van der Waals surface area contributed by atoms with E-state index >= 15 is 0 Å². The molecule has 0 aromatic carbocycles. The summed E-state index contributed by atoms with van der Waals surface area (Å²) in [6, 6.07) is -5.12. The minimum absolute atomic E-state index is 0.121. The van der Waals surface area contributed by atoms with Gasteiger partial charge in [0.2, 0.25) is 23.6 Å². The maximum atomic E-state index is 13.6. The fourth-order valence-corrected chi connectivity index (χ4v) is 4.69. The number of hydrogen-bond donors (Lipinski definition) is 10. The molecule has 0 bridgehead atoms. The molecule has 0 rings (SSSR count). The van der Waals surface area contributed by atoms with Crippen LogP contribution in [-0.2, 0) is 24.0 Å².